The highest BCUT2D eigenvalue weighted by molar-refractivity contribution is 6.31. The number of pyridine rings is 1. The lowest BCUT2D eigenvalue weighted by Gasteiger charge is -2.07. The summed E-state index contributed by atoms with van der Waals surface area (Å²) in [4.78, 5) is 26.5. The molecule has 102 valence electrons. The number of nitrogens with zero attached hydrogens (tertiary/aromatic N) is 1. The second kappa shape index (κ2) is 5.58. The molecule has 0 aliphatic rings. The van der Waals surface area contributed by atoms with Gasteiger partial charge in [-0.05, 0) is 24.3 Å². The Morgan fingerprint density at radius 1 is 1.10 bits per heavy atom. The molecule has 0 aliphatic heterocycles. The Morgan fingerprint density at radius 3 is 2.50 bits per heavy atom. The summed E-state index contributed by atoms with van der Waals surface area (Å²) in [5.41, 5.74) is 0.340. The van der Waals surface area contributed by atoms with E-state index in [0.717, 1.165) is 0 Å². The number of anilines is 1. The second-order valence-corrected chi connectivity index (χ2v) is 4.36. The van der Waals surface area contributed by atoms with Crippen molar-refractivity contribution in [3.05, 3.63) is 52.8 Å². The maximum Gasteiger partial charge on any atom is 0.335 e. The van der Waals surface area contributed by atoms with Gasteiger partial charge < -0.3 is 15.5 Å². The topological polar surface area (TPSA) is 99.5 Å². The van der Waals surface area contributed by atoms with E-state index in [9.17, 15) is 14.7 Å². The van der Waals surface area contributed by atoms with E-state index in [1.807, 2.05) is 0 Å². The van der Waals surface area contributed by atoms with Crippen LogP contribution in [0.15, 0.2) is 36.7 Å². The van der Waals surface area contributed by atoms with Crippen molar-refractivity contribution in [2.75, 3.05) is 5.32 Å². The lowest BCUT2D eigenvalue weighted by atomic mass is 10.2. The molecule has 0 saturated carbocycles. The highest BCUT2D eigenvalue weighted by Crippen LogP contribution is 2.20. The zero-order valence-corrected chi connectivity index (χ0v) is 10.8. The number of rotatable bonds is 3. The van der Waals surface area contributed by atoms with Gasteiger partial charge in [0.15, 0.2) is 0 Å². The van der Waals surface area contributed by atoms with Crippen molar-refractivity contribution in [2.24, 2.45) is 0 Å². The quantitative estimate of drug-likeness (QED) is 0.806. The fraction of sp³-hybridized carbons (Fsp3) is 0. The van der Waals surface area contributed by atoms with Gasteiger partial charge in [-0.15, -0.1) is 0 Å². The van der Waals surface area contributed by atoms with E-state index >= 15 is 0 Å². The van der Waals surface area contributed by atoms with Crippen molar-refractivity contribution in [1.29, 1.82) is 0 Å². The van der Waals surface area contributed by atoms with Gasteiger partial charge in [0, 0.05) is 16.9 Å². The first-order valence-electron chi connectivity index (χ1n) is 5.45. The molecule has 0 aliphatic carbocycles. The summed E-state index contributed by atoms with van der Waals surface area (Å²) in [6.07, 6.45) is 2.47. The molecule has 1 heterocycles. The summed E-state index contributed by atoms with van der Waals surface area (Å²) in [6, 6.07) is 5.21. The predicted molar refractivity (Wildman–Crippen MR) is 72.3 cm³/mol. The molecule has 0 fully saturated rings. The van der Waals surface area contributed by atoms with Gasteiger partial charge in [0.1, 0.15) is 5.75 Å². The Labute approximate surface area is 118 Å². The van der Waals surface area contributed by atoms with Crippen molar-refractivity contribution in [2.45, 2.75) is 0 Å². The summed E-state index contributed by atoms with van der Waals surface area (Å²) < 4.78 is 0. The Bertz CT molecular complexity index is 688. The Balaban J connectivity index is 2.26. The largest absolute Gasteiger partial charge is 0.506 e. The molecule has 0 atom stereocenters. The van der Waals surface area contributed by atoms with Gasteiger partial charge >= 0.3 is 5.97 Å². The zero-order valence-electron chi connectivity index (χ0n) is 10.0. The first-order chi connectivity index (χ1) is 9.45. The van der Waals surface area contributed by atoms with E-state index < -0.39 is 11.9 Å². The Hall–Kier alpha value is -2.60. The summed E-state index contributed by atoms with van der Waals surface area (Å²) in [5.74, 6) is -1.83. The third-order valence-corrected chi connectivity index (χ3v) is 2.61. The molecule has 1 aromatic carbocycles. The van der Waals surface area contributed by atoms with Crippen LogP contribution in [-0.2, 0) is 0 Å². The lowest BCUT2D eigenvalue weighted by molar-refractivity contribution is 0.0696. The SMILES string of the molecule is O=C(O)c1cc(Cl)cc(NC(=O)c2cncc(O)c2)c1. The molecule has 1 aromatic heterocycles. The molecule has 2 aromatic rings. The third kappa shape index (κ3) is 3.24. The van der Waals surface area contributed by atoms with Crippen LogP contribution in [-0.4, -0.2) is 27.1 Å². The van der Waals surface area contributed by atoms with Gasteiger partial charge in [0.25, 0.3) is 5.91 Å². The number of hydrogen-bond acceptors (Lipinski definition) is 4. The standard InChI is InChI=1S/C13H9ClN2O4/c14-9-1-7(13(19)20)2-10(4-9)16-12(18)8-3-11(17)6-15-5-8/h1-6,17H,(H,16,18)(H,19,20). The van der Waals surface area contributed by atoms with Crippen LogP contribution in [0.5, 0.6) is 5.75 Å². The molecule has 0 radical (unpaired) electrons. The monoisotopic (exact) mass is 292 g/mol. The van der Waals surface area contributed by atoms with E-state index in [0.29, 0.717) is 0 Å². The van der Waals surface area contributed by atoms with Crippen molar-refractivity contribution in [3.8, 4) is 5.75 Å². The van der Waals surface area contributed by atoms with Crippen LogP contribution in [0.3, 0.4) is 0 Å². The number of halogens is 1. The number of aromatic hydroxyl groups is 1. The predicted octanol–water partition coefficient (Wildman–Crippen LogP) is 2.39. The number of carboxylic acids is 1. The maximum absolute atomic E-state index is 11.9. The number of aromatic carboxylic acids is 1. The first kappa shape index (κ1) is 13.8. The van der Waals surface area contributed by atoms with E-state index in [-0.39, 0.29) is 27.6 Å². The van der Waals surface area contributed by atoms with E-state index in [1.54, 1.807) is 0 Å². The number of amides is 1. The molecule has 1 amide bonds. The number of carbonyl (C=O) groups excluding carboxylic acids is 1. The minimum Gasteiger partial charge on any atom is -0.506 e. The molecule has 0 saturated heterocycles. The minimum atomic E-state index is -1.15. The van der Waals surface area contributed by atoms with Gasteiger partial charge in [-0.2, -0.15) is 0 Å². The highest BCUT2D eigenvalue weighted by atomic mass is 35.5. The van der Waals surface area contributed by atoms with Crippen LogP contribution in [0.2, 0.25) is 5.02 Å². The molecule has 0 spiro atoms. The van der Waals surface area contributed by atoms with Crippen molar-refractivity contribution < 1.29 is 19.8 Å². The van der Waals surface area contributed by atoms with Gasteiger partial charge in [0.2, 0.25) is 0 Å². The molecular formula is C13H9ClN2O4. The molecule has 0 bridgehead atoms. The normalized spacial score (nSPS) is 10.1. The van der Waals surface area contributed by atoms with Gasteiger partial charge in [0.05, 0.1) is 17.3 Å². The van der Waals surface area contributed by atoms with Gasteiger partial charge in [-0.3, -0.25) is 9.78 Å². The molecule has 20 heavy (non-hydrogen) atoms. The Morgan fingerprint density at radius 2 is 1.85 bits per heavy atom. The Kier molecular flexibility index (Phi) is 3.86. The van der Waals surface area contributed by atoms with E-state index in [2.05, 4.69) is 10.3 Å². The fourth-order valence-corrected chi connectivity index (χ4v) is 1.78. The smallest absolute Gasteiger partial charge is 0.335 e. The number of benzene rings is 1. The number of carboxylic acid groups (broad SMARTS) is 1. The zero-order chi connectivity index (χ0) is 14.7. The average molecular weight is 293 g/mol. The third-order valence-electron chi connectivity index (χ3n) is 2.39. The maximum atomic E-state index is 11.9. The van der Waals surface area contributed by atoms with Gasteiger partial charge in [-0.25, -0.2) is 4.79 Å². The van der Waals surface area contributed by atoms with Crippen molar-refractivity contribution >= 4 is 29.2 Å². The number of aromatic nitrogens is 1. The van der Waals surface area contributed by atoms with Crippen LogP contribution in [0.4, 0.5) is 5.69 Å². The van der Waals surface area contributed by atoms with Gasteiger partial charge in [-0.1, -0.05) is 11.6 Å². The lowest BCUT2D eigenvalue weighted by Crippen LogP contribution is -2.12. The average Bonchev–Trinajstić information content (AvgIpc) is 2.37. The van der Waals surface area contributed by atoms with E-state index in [4.69, 9.17) is 16.7 Å². The molecule has 2 rings (SSSR count). The van der Waals surface area contributed by atoms with E-state index in [1.165, 1.54) is 36.7 Å². The minimum absolute atomic E-state index is 0.0400. The van der Waals surface area contributed by atoms with Crippen LogP contribution in [0, 0.1) is 0 Å². The molecule has 3 N–H and O–H groups in total. The van der Waals surface area contributed by atoms with Crippen LogP contribution < -0.4 is 5.32 Å². The van der Waals surface area contributed by atoms with Crippen LogP contribution in [0.1, 0.15) is 20.7 Å². The van der Waals surface area contributed by atoms with Crippen molar-refractivity contribution in [3.63, 3.8) is 0 Å². The second-order valence-electron chi connectivity index (χ2n) is 3.92. The first-order valence-corrected chi connectivity index (χ1v) is 5.83. The molecular weight excluding hydrogens is 284 g/mol. The van der Waals surface area contributed by atoms with Crippen LogP contribution in [0.25, 0.3) is 0 Å². The summed E-state index contributed by atoms with van der Waals surface area (Å²) in [6.45, 7) is 0. The molecule has 0 unspecified atom stereocenters. The molecule has 7 heteroatoms. The summed E-state index contributed by atoms with van der Waals surface area (Å²) in [7, 11) is 0. The summed E-state index contributed by atoms with van der Waals surface area (Å²) >= 11 is 5.78. The van der Waals surface area contributed by atoms with Crippen molar-refractivity contribution in [1.82, 2.24) is 4.98 Å². The highest BCUT2D eigenvalue weighted by Gasteiger charge is 2.11. The number of carbonyl (C=O) groups is 2. The number of nitrogens with one attached hydrogen (secondary N) is 1. The summed E-state index contributed by atoms with van der Waals surface area (Å²) in [5, 5.41) is 20.8. The number of hydrogen-bond donors (Lipinski definition) is 3. The van der Waals surface area contributed by atoms with Crippen LogP contribution >= 0.6 is 11.6 Å². The molecule has 6 nitrogen and oxygen atoms in total. The fourth-order valence-electron chi connectivity index (χ4n) is 1.54.